The zero-order valence-electron chi connectivity index (χ0n) is 11.0. The summed E-state index contributed by atoms with van der Waals surface area (Å²) in [4.78, 5) is 15.6. The monoisotopic (exact) mass is 281 g/mol. The number of Topliss-reactive ketones (excluding diaryl/α,β-unsaturated/α-hetero) is 1. The third kappa shape index (κ3) is 3.88. The summed E-state index contributed by atoms with van der Waals surface area (Å²) in [5.41, 5.74) is -0.351. The lowest BCUT2D eigenvalue weighted by molar-refractivity contribution is -0.123. The first-order valence-corrected chi connectivity index (χ1v) is 6.74. The van der Waals surface area contributed by atoms with Gasteiger partial charge in [0, 0.05) is 5.41 Å². The standard InChI is InChI=1S/C11H15N5O2S/c1-11(2,3)8(17)5-19-10-15-14-9(18-10)4-16-7-12-6-13-16/h6-7H,4-5H2,1-3H3. The van der Waals surface area contributed by atoms with Crippen LogP contribution in [0.25, 0.3) is 0 Å². The van der Waals surface area contributed by atoms with Crippen molar-refractivity contribution in [1.29, 1.82) is 0 Å². The van der Waals surface area contributed by atoms with Crippen molar-refractivity contribution in [2.75, 3.05) is 5.75 Å². The highest BCUT2D eigenvalue weighted by Crippen LogP contribution is 2.22. The van der Waals surface area contributed by atoms with Gasteiger partial charge in [0.15, 0.2) is 0 Å². The smallest absolute Gasteiger partial charge is 0.277 e. The molecule has 0 aliphatic heterocycles. The molecular weight excluding hydrogens is 266 g/mol. The Balaban J connectivity index is 1.89. The molecule has 0 saturated heterocycles. The van der Waals surface area contributed by atoms with Gasteiger partial charge in [-0.2, -0.15) is 5.10 Å². The molecule has 19 heavy (non-hydrogen) atoms. The quantitative estimate of drug-likeness (QED) is 0.766. The second kappa shape index (κ2) is 5.52. The summed E-state index contributed by atoms with van der Waals surface area (Å²) in [5, 5.41) is 12.1. The SMILES string of the molecule is CC(C)(C)C(=O)CSc1nnc(Cn2cncn2)o1. The fraction of sp³-hybridized carbons (Fsp3) is 0.545. The van der Waals surface area contributed by atoms with Crippen LogP contribution in [0.15, 0.2) is 22.3 Å². The molecule has 2 rings (SSSR count). The number of carbonyl (C=O) groups is 1. The summed E-state index contributed by atoms with van der Waals surface area (Å²) >= 11 is 1.25. The van der Waals surface area contributed by atoms with Crippen LogP contribution in [0.1, 0.15) is 26.7 Å². The lowest BCUT2D eigenvalue weighted by Crippen LogP contribution is -2.21. The maximum Gasteiger partial charge on any atom is 0.277 e. The molecule has 0 unspecified atom stereocenters. The van der Waals surface area contributed by atoms with Gasteiger partial charge in [-0.25, -0.2) is 9.67 Å². The molecule has 0 spiro atoms. The Labute approximate surface area is 114 Å². The van der Waals surface area contributed by atoms with Crippen LogP contribution in [-0.2, 0) is 11.3 Å². The van der Waals surface area contributed by atoms with Crippen molar-refractivity contribution in [2.45, 2.75) is 32.5 Å². The van der Waals surface area contributed by atoms with Crippen LogP contribution >= 0.6 is 11.8 Å². The van der Waals surface area contributed by atoms with Crippen molar-refractivity contribution >= 4 is 17.5 Å². The number of hydrogen-bond acceptors (Lipinski definition) is 7. The minimum Gasteiger partial charge on any atom is -0.414 e. The van der Waals surface area contributed by atoms with E-state index in [4.69, 9.17) is 4.42 Å². The fourth-order valence-corrected chi connectivity index (χ4v) is 2.10. The van der Waals surface area contributed by atoms with Crippen LogP contribution in [0.4, 0.5) is 0 Å². The van der Waals surface area contributed by atoms with E-state index in [0.717, 1.165) is 0 Å². The Hall–Kier alpha value is -1.70. The van der Waals surface area contributed by atoms with Gasteiger partial charge in [-0.05, 0) is 0 Å². The molecule has 0 fully saturated rings. The van der Waals surface area contributed by atoms with Crippen LogP contribution < -0.4 is 0 Å². The Kier molecular flexibility index (Phi) is 3.98. The first-order valence-electron chi connectivity index (χ1n) is 5.76. The van der Waals surface area contributed by atoms with Crippen molar-refractivity contribution in [1.82, 2.24) is 25.0 Å². The molecule has 0 amide bonds. The number of aromatic nitrogens is 5. The van der Waals surface area contributed by atoms with E-state index in [1.54, 1.807) is 11.0 Å². The minimum atomic E-state index is -0.351. The highest BCUT2D eigenvalue weighted by atomic mass is 32.2. The molecule has 2 aromatic heterocycles. The van der Waals surface area contributed by atoms with Crippen molar-refractivity contribution in [2.24, 2.45) is 5.41 Å². The first-order chi connectivity index (χ1) is 8.95. The predicted octanol–water partition coefficient (Wildman–Crippen LogP) is 1.42. The van der Waals surface area contributed by atoms with Gasteiger partial charge in [0.05, 0.1) is 5.75 Å². The van der Waals surface area contributed by atoms with Gasteiger partial charge in [-0.1, -0.05) is 32.5 Å². The lowest BCUT2D eigenvalue weighted by Gasteiger charge is -2.14. The van der Waals surface area contributed by atoms with E-state index < -0.39 is 0 Å². The molecule has 0 bridgehead atoms. The summed E-state index contributed by atoms with van der Waals surface area (Å²) < 4.78 is 7.01. The Morgan fingerprint density at radius 3 is 2.84 bits per heavy atom. The second-order valence-electron chi connectivity index (χ2n) is 5.02. The van der Waals surface area contributed by atoms with Gasteiger partial charge in [-0.3, -0.25) is 4.79 Å². The molecular formula is C11H15N5O2S. The molecule has 0 aromatic carbocycles. The second-order valence-corrected chi connectivity index (χ2v) is 5.94. The van der Waals surface area contributed by atoms with Crippen LogP contribution in [0.3, 0.4) is 0 Å². The third-order valence-electron chi connectivity index (χ3n) is 2.38. The molecule has 102 valence electrons. The average molecular weight is 281 g/mol. The minimum absolute atomic E-state index is 0.147. The summed E-state index contributed by atoms with van der Waals surface area (Å²) in [6.45, 7) is 6.04. The van der Waals surface area contributed by atoms with E-state index >= 15 is 0 Å². The van der Waals surface area contributed by atoms with Crippen molar-refractivity contribution < 1.29 is 9.21 Å². The zero-order valence-corrected chi connectivity index (χ0v) is 11.8. The van der Waals surface area contributed by atoms with Gasteiger partial charge in [0.1, 0.15) is 25.0 Å². The molecule has 2 aromatic rings. The summed E-state index contributed by atoms with van der Waals surface area (Å²) in [6.07, 6.45) is 3.01. The summed E-state index contributed by atoms with van der Waals surface area (Å²) in [6, 6.07) is 0. The Morgan fingerprint density at radius 2 is 2.21 bits per heavy atom. The van der Waals surface area contributed by atoms with E-state index in [0.29, 0.717) is 23.4 Å². The van der Waals surface area contributed by atoms with Crippen LogP contribution in [0.5, 0.6) is 0 Å². The molecule has 0 aliphatic rings. The maximum atomic E-state index is 11.8. The van der Waals surface area contributed by atoms with Crippen molar-refractivity contribution in [3.05, 3.63) is 18.5 Å². The maximum absolute atomic E-state index is 11.8. The molecule has 0 N–H and O–H groups in total. The zero-order chi connectivity index (χ0) is 13.9. The summed E-state index contributed by atoms with van der Waals surface area (Å²) in [7, 11) is 0. The third-order valence-corrected chi connectivity index (χ3v) is 3.19. The lowest BCUT2D eigenvalue weighted by atomic mass is 9.92. The number of thioether (sulfide) groups is 1. The molecule has 2 heterocycles. The van der Waals surface area contributed by atoms with E-state index in [-0.39, 0.29) is 11.2 Å². The number of rotatable bonds is 5. The van der Waals surface area contributed by atoms with Crippen molar-refractivity contribution in [3.8, 4) is 0 Å². The predicted molar refractivity (Wildman–Crippen MR) is 68.6 cm³/mol. The highest BCUT2D eigenvalue weighted by molar-refractivity contribution is 7.99. The normalized spacial score (nSPS) is 11.7. The van der Waals surface area contributed by atoms with E-state index in [1.807, 2.05) is 20.8 Å². The number of nitrogens with zero attached hydrogens (tertiary/aromatic N) is 5. The molecule has 7 nitrogen and oxygen atoms in total. The number of carbonyl (C=O) groups excluding carboxylic acids is 1. The van der Waals surface area contributed by atoms with E-state index in [2.05, 4.69) is 20.3 Å². The fourth-order valence-electron chi connectivity index (χ4n) is 1.16. The van der Waals surface area contributed by atoms with Gasteiger partial charge in [0.25, 0.3) is 5.22 Å². The molecule has 8 heteroatoms. The number of ketones is 1. The van der Waals surface area contributed by atoms with Crippen molar-refractivity contribution in [3.63, 3.8) is 0 Å². The average Bonchev–Trinajstić information content (AvgIpc) is 2.97. The Morgan fingerprint density at radius 1 is 1.42 bits per heavy atom. The molecule has 0 atom stereocenters. The van der Waals surface area contributed by atoms with Crippen LogP contribution in [0.2, 0.25) is 0 Å². The van der Waals surface area contributed by atoms with E-state index in [1.165, 1.54) is 18.1 Å². The van der Waals surface area contributed by atoms with E-state index in [9.17, 15) is 4.79 Å². The topological polar surface area (TPSA) is 86.7 Å². The Bertz CT molecular complexity index is 544. The van der Waals surface area contributed by atoms with Crippen LogP contribution in [-0.4, -0.2) is 36.5 Å². The molecule has 0 radical (unpaired) electrons. The summed E-state index contributed by atoms with van der Waals surface area (Å²) in [5.74, 6) is 0.916. The molecule has 0 saturated carbocycles. The van der Waals surface area contributed by atoms with Gasteiger partial charge in [0.2, 0.25) is 5.89 Å². The van der Waals surface area contributed by atoms with Gasteiger partial charge >= 0.3 is 0 Å². The van der Waals surface area contributed by atoms with Gasteiger partial charge < -0.3 is 4.42 Å². The first kappa shape index (κ1) is 13.7. The largest absolute Gasteiger partial charge is 0.414 e. The highest BCUT2D eigenvalue weighted by Gasteiger charge is 2.22. The van der Waals surface area contributed by atoms with Crippen LogP contribution in [0, 0.1) is 5.41 Å². The molecule has 0 aliphatic carbocycles. The number of hydrogen-bond donors (Lipinski definition) is 0. The van der Waals surface area contributed by atoms with Gasteiger partial charge in [-0.15, -0.1) is 10.2 Å².